The van der Waals surface area contributed by atoms with Gasteiger partial charge in [-0.3, -0.25) is 14.4 Å². The molecule has 0 saturated heterocycles. The van der Waals surface area contributed by atoms with Gasteiger partial charge in [0.2, 0.25) is 0 Å². The molecule has 0 aliphatic carbocycles. The Morgan fingerprint density at radius 2 is 0.391 bits per heavy atom. The molecule has 0 amide bonds. The number of carbonyl (C=O) groups is 3. The van der Waals surface area contributed by atoms with E-state index in [1.54, 1.807) is 0 Å². The Morgan fingerprint density at radius 1 is 0.232 bits per heavy atom. The summed E-state index contributed by atoms with van der Waals surface area (Å²) < 4.78 is 16.8. The van der Waals surface area contributed by atoms with Crippen molar-refractivity contribution in [3.63, 3.8) is 0 Å². The standard InChI is InChI=1S/C63H122O6/c1-4-7-10-13-15-17-19-21-23-25-27-28-29-30-31-32-33-34-35-36-38-39-41-43-45-47-50-53-56-62(65)68-59-60(58-67-61(64)55-52-49-12-9-6-3)69-63(66)57-54-51-48-46-44-42-40-37-26-24-22-20-18-16-14-11-8-5-2/h60H,4-59H2,1-3H3. The third-order valence-electron chi connectivity index (χ3n) is 14.6. The molecule has 1 atom stereocenters. The molecular formula is C63H122O6. The second-order valence-corrected chi connectivity index (χ2v) is 21.7. The van der Waals surface area contributed by atoms with Crippen molar-refractivity contribution in [2.24, 2.45) is 0 Å². The zero-order valence-corrected chi connectivity index (χ0v) is 47.1. The van der Waals surface area contributed by atoms with Crippen LogP contribution in [0.5, 0.6) is 0 Å². The third-order valence-corrected chi connectivity index (χ3v) is 14.6. The van der Waals surface area contributed by atoms with Crippen LogP contribution in [0.3, 0.4) is 0 Å². The SMILES string of the molecule is CCCCCCCCCCCCCCCCCCCCCCCCCCCCCCC(=O)OCC(COC(=O)CCCCCCC)OC(=O)CCCCCCCCCCCCCCCCCCCC. The Balaban J connectivity index is 3.92. The number of rotatable bonds is 59. The molecule has 0 aromatic rings. The number of ether oxygens (including phenoxy) is 3. The van der Waals surface area contributed by atoms with Crippen LogP contribution in [0.4, 0.5) is 0 Å². The summed E-state index contributed by atoms with van der Waals surface area (Å²) in [6.45, 7) is 6.63. The summed E-state index contributed by atoms with van der Waals surface area (Å²) in [6, 6.07) is 0. The van der Waals surface area contributed by atoms with Gasteiger partial charge in [-0.05, 0) is 19.3 Å². The number of carbonyl (C=O) groups excluding carboxylic acids is 3. The van der Waals surface area contributed by atoms with Gasteiger partial charge in [-0.2, -0.15) is 0 Å². The molecule has 0 bridgehead atoms. The van der Waals surface area contributed by atoms with Crippen LogP contribution >= 0.6 is 0 Å². The minimum atomic E-state index is -0.760. The number of hydrogen-bond acceptors (Lipinski definition) is 6. The first-order valence-corrected chi connectivity index (χ1v) is 31.5. The van der Waals surface area contributed by atoms with Crippen LogP contribution in [0.1, 0.15) is 367 Å². The first-order chi connectivity index (χ1) is 34.0. The molecule has 0 aromatic heterocycles. The summed E-state index contributed by atoms with van der Waals surface area (Å²) in [5.41, 5.74) is 0. The molecule has 0 N–H and O–H groups in total. The van der Waals surface area contributed by atoms with Crippen molar-refractivity contribution in [3.8, 4) is 0 Å². The summed E-state index contributed by atoms with van der Waals surface area (Å²) >= 11 is 0. The van der Waals surface area contributed by atoms with E-state index in [9.17, 15) is 14.4 Å². The van der Waals surface area contributed by atoms with Crippen molar-refractivity contribution in [2.75, 3.05) is 13.2 Å². The summed E-state index contributed by atoms with van der Waals surface area (Å²) in [6.07, 6.45) is 67.4. The highest BCUT2D eigenvalue weighted by atomic mass is 16.6. The smallest absolute Gasteiger partial charge is 0.306 e. The molecule has 0 aromatic carbocycles. The third kappa shape index (κ3) is 57.2. The van der Waals surface area contributed by atoms with E-state index in [1.807, 2.05) is 0 Å². The highest BCUT2D eigenvalue weighted by molar-refractivity contribution is 5.71. The van der Waals surface area contributed by atoms with Crippen LogP contribution in [-0.4, -0.2) is 37.2 Å². The molecule has 0 rings (SSSR count). The lowest BCUT2D eigenvalue weighted by atomic mass is 10.0. The van der Waals surface area contributed by atoms with Gasteiger partial charge in [-0.25, -0.2) is 0 Å². The molecule has 410 valence electrons. The van der Waals surface area contributed by atoms with Crippen LogP contribution in [0.15, 0.2) is 0 Å². The van der Waals surface area contributed by atoms with Gasteiger partial charge < -0.3 is 14.2 Å². The van der Waals surface area contributed by atoms with Crippen LogP contribution in [0.25, 0.3) is 0 Å². The number of esters is 3. The van der Waals surface area contributed by atoms with Gasteiger partial charge in [0.25, 0.3) is 0 Å². The van der Waals surface area contributed by atoms with Gasteiger partial charge in [0, 0.05) is 19.3 Å². The first-order valence-electron chi connectivity index (χ1n) is 31.5. The lowest BCUT2D eigenvalue weighted by molar-refractivity contribution is -0.167. The first kappa shape index (κ1) is 67.4. The highest BCUT2D eigenvalue weighted by Crippen LogP contribution is 2.19. The van der Waals surface area contributed by atoms with Crippen LogP contribution in [0, 0.1) is 0 Å². The monoisotopic (exact) mass is 975 g/mol. The summed E-state index contributed by atoms with van der Waals surface area (Å²) in [5.74, 6) is -0.848. The highest BCUT2D eigenvalue weighted by Gasteiger charge is 2.19. The molecule has 1 unspecified atom stereocenters. The topological polar surface area (TPSA) is 78.9 Å². The van der Waals surface area contributed by atoms with Gasteiger partial charge in [0.1, 0.15) is 13.2 Å². The Labute approximate surface area is 431 Å². The maximum absolute atomic E-state index is 12.8. The van der Waals surface area contributed by atoms with Gasteiger partial charge in [0.15, 0.2) is 6.10 Å². The van der Waals surface area contributed by atoms with Gasteiger partial charge in [0.05, 0.1) is 0 Å². The van der Waals surface area contributed by atoms with E-state index < -0.39 is 6.10 Å². The maximum atomic E-state index is 12.8. The fourth-order valence-corrected chi connectivity index (χ4v) is 9.86. The van der Waals surface area contributed by atoms with Crippen molar-refractivity contribution in [1.29, 1.82) is 0 Å². The number of unbranched alkanes of at least 4 members (excludes halogenated alkanes) is 48. The predicted molar refractivity (Wildman–Crippen MR) is 298 cm³/mol. The molecule has 0 heterocycles. The van der Waals surface area contributed by atoms with Crippen molar-refractivity contribution in [3.05, 3.63) is 0 Å². The Kier molecular flexibility index (Phi) is 57.6. The van der Waals surface area contributed by atoms with Crippen molar-refractivity contribution in [2.45, 2.75) is 374 Å². The lowest BCUT2D eigenvalue weighted by Gasteiger charge is -2.18. The average Bonchev–Trinajstić information content (AvgIpc) is 3.35. The molecule has 6 nitrogen and oxygen atoms in total. The normalized spacial score (nSPS) is 11.9. The van der Waals surface area contributed by atoms with Gasteiger partial charge >= 0.3 is 17.9 Å². The second kappa shape index (κ2) is 59.0. The van der Waals surface area contributed by atoms with E-state index in [2.05, 4.69) is 20.8 Å². The minimum absolute atomic E-state index is 0.0625. The zero-order valence-electron chi connectivity index (χ0n) is 47.1. The molecule has 6 heteroatoms. The van der Waals surface area contributed by atoms with E-state index in [0.717, 1.165) is 64.2 Å². The second-order valence-electron chi connectivity index (χ2n) is 21.7. The molecule has 0 spiro atoms. The predicted octanol–water partition coefficient (Wildman–Crippen LogP) is 21.1. The molecule has 0 aliphatic rings. The average molecular weight is 976 g/mol. The molecule has 0 saturated carbocycles. The fraction of sp³-hybridized carbons (Fsp3) is 0.952. The minimum Gasteiger partial charge on any atom is -0.462 e. The van der Waals surface area contributed by atoms with Crippen LogP contribution in [0.2, 0.25) is 0 Å². The summed E-state index contributed by atoms with van der Waals surface area (Å²) in [4.78, 5) is 37.8. The fourth-order valence-electron chi connectivity index (χ4n) is 9.86. The lowest BCUT2D eigenvalue weighted by Crippen LogP contribution is -2.30. The van der Waals surface area contributed by atoms with Crippen molar-refractivity contribution < 1.29 is 28.6 Å². The quantitative estimate of drug-likeness (QED) is 0.0343. The van der Waals surface area contributed by atoms with E-state index in [-0.39, 0.29) is 31.1 Å². The zero-order chi connectivity index (χ0) is 50.0. The molecule has 0 radical (unpaired) electrons. The van der Waals surface area contributed by atoms with Crippen LogP contribution in [-0.2, 0) is 28.6 Å². The largest absolute Gasteiger partial charge is 0.462 e. The van der Waals surface area contributed by atoms with E-state index >= 15 is 0 Å². The van der Waals surface area contributed by atoms with E-state index in [4.69, 9.17) is 14.2 Å². The van der Waals surface area contributed by atoms with Crippen molar-refractivity contribution >= 4 is 17.9 Å². The van der Waals surface area contributed by atoms with E-state index in [0.29, 0.717) is 19.3 Å². The summed E-state index contributed by atoms with van der Waals surface area (Å²) in [7, 11) is 0. The molecular weight excluding hydrogens is 853 g/mol. The molecule has 69 heavy (non-hydrogen) atoms. The molecule has 0 aliphatic heterocycles. The van der Waals surface area contributed by atoms with Gasteiger partial charge in [-0.15, -0.1) is 0 Å². The Hall–Kier alpha value is -1.59. The Morgan fingerprint density at radius 3 is 0.580 bits per heavy atom. The Bertz CT molecular complexity index is 1030. The number of hydrogen-bond donors (Lipinski definition) is 0. The summed E-state index contributed by atoms with van der Waals surface area (Å²) in [5, 5.41) is 0. The molecule has 0 fully saturated rings. The van der Waals surface area contributed by atoms with E-state index in [1.165, 1.54) is 263 Å². The van der Waals surface area contributed by atoms with Gasteiger partial charge in [-0.1, -0.05) is 329 Å². The van der Waals surface area contributed by atoms with Crippen LogP contribution < -0.4 is 0 Å². The van der Waals surface area contributed by atoms with Crippen molar-refractivity contribution in [1.82, 2.24) is 0 Å². The maximum Gasteiger partial charge on any atom is 0.306 e.